The zero-order valence-corrected chi connectivity index (χ0v) is 20.5. The minimum absolute atomic E-state index is 0.0631. The van der Waals surface area contributed by atoms with Crippen molar-refractivity contribution >= 4 is 23.6 Å². The van der Waals surface area contributed by atoms with E-state index in [1.54, 1.807) is 18.3 Å². The van der Waals surface area contributed by atoms with Crippen molar-refractivity contribution in [2.75, 3.05) is 0 Å². The summed E-state index contributed by atoms with van der Waals surface area (Å²) in [6.45, 7) is 4.52. The quantitative estimate of drug-likeness (QED) is 0.527. The second kappa shape index (κ2) is 8.36. The Morgan fingerprint density at radius 1 is 1.11 bits per heavy atom. The Hall–Kier alpha value is -4.34. The number of hydrogen-bond donors (Lipinski definition) is 2. The Kier molecular flexibility index (Phi) is 5.22. The molecule has 6 rings (SSSR count). The number of hydrogen-bond acceptors (Lipinski definition) is 6. The summed E-state index contributed by atoms with van der Waals surface area (Å²) in [5.41, 5.74) is 4.38. The normalized spacial score (nSPS) is 22.0. The summed E-state index contributed by atoms with van der Waals surface area (Å²) in [7, 11) is 0. The van der Waals surface area contributed by atoms with Gasteiger partial charge in [0.2, 0.25) is 11.8 Å². The highest BCUT2D eigenvalue weighted by Gasteiger charge is 2.41. The monoisotopic (exact) mass is 498 g/mol. The summed E-state index contributed by atoms with van der Waals surface area (Å²) in [4.78, 5) is 51.3. The third-order valence-corrected chi connectivity index (χ3v) is 7.81. The lowest BCUT2D eigenvalue weighted by Crippen LogP contribution is -2.52. The van der Waals surface area contributed by atoms with Crippen LogP contribution in [0.1, 0.15) is 64.2 Å². The average molecular weight is 499 g/mol. The Balaban J connectivity index is 1.18. The molecule has 188 valence electrons. The molecular weight excluding hydrogens is 472 g/mol. The van der Waals surface area contributed by atoms with Crippen LogP contribution >= 0.6 is 0 Å². The first-order valence-corrected chi connectivity index (χ1v) is 12.3. The van der Waals surface area contributed by atoms with E-state index < -0.39 is 11.9 Å². The summed E-state index contributed by atoms with van der Waals surface area (Å²) in [5.74, 6) is -1.30. The lowest BCUT2D eigenvalue weighted by molar-refractivity contribution is -0.136. The third kappa shape index (κ3) is 3.80. The van der Waals surface area contributed by atoms with E-state index in [4.69, 9.17) is 0 Å². The lowest BCUT2D eigenvalue weighted by atomic mass is 9.83. The van der Waals surface area contributed by atoms with Gasteiger partial charge in [-0.05, 0) is 47.7 Å². The molecule has 3 aliphatic rings. The molecule has 3 aromatic rings. The number of carbonyl (C=O) groups excluding carboxylic acids is 4. The van der Waals surface area contributed by atoms with Crippen molar-refractivity contribution in [1.29, 1.82) is 0 Å². The number of nitrogens with one attached hydrogen (secondary N) is 2. The average Bonchev–Trinajstić information content (AvgIpc) is 3.55. The molecule has 4 amide bonds. The van der Waals surface area contributed by atoms with Crippen LogP contribution in [-0.4, -0.2) is 55.6 Å². The van der Waals surface area contributed by atoms with Crippen LogP contribution in [0, 0.1) is 0 Å². The number of amides is 4. The van der Waals surface area contributed by atoms with Crippen LogP contribution in [0.2, 0.25) is 0 Å². The number of rotatable bonds is 4. The first kappa shape index (κ1) is 23.1. The molecule has 2 unspecified atom stereocenters. The van der Waals surface area contributed by atoms with Crippen molar-refractivity contribution in [2.24, 2.45) is 0 Å². The molecule has 2 aromatic carbocycles. The van der Waals surface area contributed by atoms with Gasteiger partial charge in [0.05, 0.1) is 11.9 Å². The fourth-order valence-electron chi connectivity index (χ4n) is 5.65. The van der Waals surface area contributed by atoms with Crippen LogP contribution in [0.25, 0.3) is 5.69 Å². The highest BCUT2D eigenvalue weighted by atomic mass is 16.2. The number of fused-ring (bicyclic) bond motifs is 2. The largest absolute Gasteiger partial charge is 0.347 e. The number of nitrogens with zero attached hydrogens (tertiary/aromatic N) is 4. The predicted molar refractivity (Wildman–Crippen MR) is 132 cm³/mol. The predicted octanol–water partition coefficient (Wildman–Crippen LogP) is 1.66. The fraction of sp³-hybridized carbons (Fsp3) is 0.333. The molecule has 0 radical (unpaired) electrons. The lowest BCUT2D eigenvalue weighted by Gasteiger charge is -2.29. The highest BCUT2D eigenvalue weighted by Crippen LogP contribution is 2.38. The molecule has 37 heavy (non-hydrogen) atoms. The Bertz CT molecular complexity index is 1480. The van der Waals surface area contributed by atoms with Crippen LogP contribution < -0.4 is 10.6 Å². The Morgan fingerprint density at radius 2 is 1.92 bits per heavy atom. The Labute approximate surface area is 213 Å². The molecule has 3 heterocycles. The topological polar surface area (TPSA) is 126 Å². The van der Waals surface area contributed by atoms with E-state index in [-0.39, 0.29) is 47.8 Å². The van der Waals surface area contributed by atoms with E-state index in [0.29, 0.717) is 17.7 Å². The van der Waals surface area contributed by atoms with Gasteiger partial charge < -0.3 is 10.2 Å². The number of benzene rings is 2. The second-order valence-electron chi connectivity index (χ2n) is 10.4. The first-order chi connectivity index (χ1) is 17.7. The van der Waals surface area contributed by atoms with E-state index in [2.05, 4.69) is 46.9 Å². The van der Waals surface area contributed by atoms with Crippen LogP contribution in [0.5, 0.6) is 0 Å². The van der Waals surface area contributed by atoms with Crippen molar-refractivity contribution in [3.63, 3.8) is 0 Å². The number of aromatic nitrogens is 3. The molecule has 0 spiro atoms. The summed E-state index contributed by atoms with van der Waals surface area (Å²) in [6, 6.07) is 12.7. The van der Waals surface area contributed by atoms with Crippen molar-refractivity contribution < 1.29 is 19.2 Å². The summed E-state index contributed by atoms with van der Waals surface area (Å²) >= 11 is 0. The number of imide groups is 1. The van der Waals surface area contributed by atoms with Gasteiger partial charge in [-0.2, -0.15) is 0 Å². The molecule has 0 saturated carbocycles. The highest BCUT2D eigenvalue weighted by molar-refractivity contribution is 6.05. The molecule has 2 N–H and O–H groups in total. The maximum absolute atomic E-state index is 13.0. The van der Waals surface area contributed by atoms with E-state index in [0.717, 1.165) is 12.0 Å². The molecular formula is C27H26N6O4. The van der Waals surface area contributed by atoms with Gasteiger partial charge in [0, 0.05) is 30.0 Å². The molecule has 1 saturated heterocycles. The van der Waals surface area contributed by atoms with Gasteiger partial charge in [0.25, 0.3) is 11.8 Å². The van der Waals surface area contributed by atoms with Gasteiger partial charge in [-0.1, -0.05) is 43.3 Å². The Morgan fingerprint density at radius 3 is 2.70 bits per heavy atom. The van der Waals surface area contributed by atoms with Crippen molar-refractivity contribution in [3.8, 4) is 5.69 Å². The summed E-state index contributed by atoms with van der Waals surface area (Å²) in [5, 5.41) is 13.7. The fourth-order valence-corrected chi connectivity index (χ4v) is 5.65. The number of piperidine rings is 1. The van der Waals surface area contributed by atoms with Crippen LogP contribution in [0.4, 0.5) is 0 Å². The molecule has 1 fully saturated rings. The zero-order valence-electron chi connectivity index (χ0n) is 20.5. The van der Waals surface area contributed by atoms with E-state index in [1.165, 1.54) is 20.7 Å². The van der Waals surface area contributed by atoms with Crippen molar-refractivity contribution in [2.45, 2.75) is 57.2 Å². The maximum atomic E-state index is 13.0. The molecule has 2 atom stereocenters. The van der Waals surface area contributed by atoms with Crippen molar-refractivity contribution in [3.05, 3.63) is 76.6 Å². The second-order valence-corrected chi connectivity index (χ2v) is 10.4. The molecule has 10 heteroatoms. The van der Waals surface area contributed by atoms with Crippen LogP contribution in [-0.2, 0) is 28.0 Å². The molecule has 2 aliphatic heterocycles. The van der Waals surface area contributed by atoms with Gasteiger partial charge in [0.15, 0.2) is 5.69 Å². The van der Waals surface area contributed by atoms with Gasteiger partial charge in [0.1, 0.15) is 6.04 Å². The van der Waals surface area contributed by atoms with Gasteiger partial charge in [-0.25, -0.2) is 4.68 Å². The zero-order chi connectivity index (χ0) is 25.9. The van der Waals surface area contributed by atoms with Crippen LogP contribution in [0.15, 0.2) is 48.7 Å². The minimum Gasteiger partial charge on any atom is -0.347 e. The summed E-state index contributed by atoms with van der Waals surface area (Å²) in [6.07, 6.45) is 2.84. The van der Waals surface area contributed by atoms with Gasteiger partial charge in [-0.3, -0.25) is 24.5 Å². The van der Waals surface area contributed by atoms with Gasteiger partial charge >= 0.3 is 0 Å². The van der Waals surface area contributed by atoms with E-state index in [9.17, 15) is 19.2 Å². The molecule has 1 aliphatic carbocycles. The number of carbonyl (C=O) groups is 4. The summed E-state index contributed by atoms with van der Waals surface area (Å²) < 4.78 is 1.50. The standard InChI is InChI=1S/C27H26N6O4/c1-27(2)19-6-4-3-5-15(19)12-22(27)28-24(35)20-14-33(31-30-20)17-7-8-18-16(11-17)13-32(26(18)37)21-9-10-23(34)29-25(21)36/h3-8,11,14,21-22H,9-10,12-13H2,1-2H3,(H,28,35)(H,29,34,36). The molecule has 1 aromatic heterocycles. The maximum Gasteiger partial charge on any atom is 0.273 e. The SMILES string of the molecule is CC1(C)c2ccccc2CC1NC(=O)c1cn(-c2ccc3c(c2)CN(C2CCC(=O)NC2=O)C3=O)nn1. The minimum atomic E-state index is -0.673. The van der Waals surface area contributed by atoms with E-state index >= 15 is 0 Å². The molecule has 10 nitrogen and oxygen atoms in total. The smallest absolute Gasteiger partial charge is 0.273 e. The van der Waals surface area contributed by atoms with Crippen molar-refractivity contribution in [1.82, 2.24) is 30.5 Å². The van der Waals surface area contributed by atoms with Crippen LogP contribution in [0.3, 0.4) is 0 Å². The third-order valence-electron chi connectivity index (χ3n) is 7.81. The van der Waals surface area contributed by atoms with E-state index in [1.807, 2.05) is 18.2 Å². The first-order valence-electron chi connectivity index (χ1n) is 12.3. The molecule has 0 bridgehead atoms. The van der Waals surface area contributed by atoms with Gasteiger partial charge in [-0.15, -0.1) is 5.10 Å².